The summed E-state index contributed by atoms with van der Waals surface area (Å²) in [5.74, 6) is 2.11. The molecule has 1 heteroatoms. The van der Waals surface area contributed by atoms with Gasteiger partial charge in [0.2, 0.25) is 0 Å². The molecule has 0 bridgehead atoms. The second-order valence-electron chi connectivity index (χ2n) is 1.71. The minimum absolute atomic E-state index is 1.20. The van der Waals surface area contributed by atoms with Crippen molar-refractivity contribution in [3.63, 3.8) is 0 Å². The Kier molecular flexibility index (Phi) is 7.97. The summed E-state index contributed by atoms with van der Waals surface area (Å²) in [6.07, 6.45) is 8.84. The Balaban J connectivity index is 3.13. The summed E-state index contributed by atoms with van der Waals surface area (Å²) >= 11 is 1.36. The first-order chi connectivity index (χ1) is 4.41. The number of hydrogen-bond donors (Lipinski definition) is 0. The predicted octanol–water partition coefficient (Wildman–Crippen LogP) is 2.99. The van der Waals surface area contributed by atoms with Crippen LogP contribution in [0.25, 0.3) is 0 Å². The molecule has 0 aromatic heterocycles. The summed E-state index contributed by atoms with van der Waals surface area (Å²) in [5.41, 5.74) is 0. The maximum absolute atomic E-state index is 2.20. The van der Waals surface area contributed by atoms with Crippen LogP contribution in [0, 0.1) is 0 Å². The fourth-order valence-corrected chi connectivity index (χ4v) is 0.759. The Morgan fingerprint density at radius 2 is 2.11 bits per heavy atom. The molecule has 0 saturated heterocycles. The van der Waals surface area contributed by atoms with Gasteiger partial charge in [0, 0.05) is 0 Å². The van der Waals surface area contributed by atoms with Crippen LogP contribution in [-0.2, 0) is 14.7 Å². The first-order valence-corrected chi connectivity index (χ1v) is 4.78. The normalized spacial score (nSPS) is 12.2. The summed E-state index contributed by atoms with van der Waals surface area (Å²) in [5, 5.41) is 2.13. The Morgan fingerprint density at radius 3 is 2.67 bits per heavy atom. The molecule has 0 heterocycles. The molecule has 0 rings (SSSR count). The Labute approximate surface area is 64.0 Å². The van der Waals surface area contributed by atoms with E-state index in [1.165, 1.54) is 27.5 Å². The zero-order valence-corrected chi connectivity index (χ0v) is 7.10. The van der Waals surface area contributed by atoms with Crippen LogP contribution in [0.4, 0.5) is 0 Å². The molecule has 0 aromatic carbocycles. The monoisotopic (exact) mass is 169 g/mol. The third kappa shape index (κ3) is 7.99. The van der Waals surface area contributed by atoms with Crippen LogP contribution in [0.3, 0.4) is 0 Å². The second-order valence-corrected chi connectivity index (χ2v) is 2.66. The van der Waals surface area contributed by atoms with Gasteiger partial charge in [-0.15, -0.1) is 0 Å². The molecular formula is C8H14Co. The van der Waals surface area contributed by atoms with Gasteiger partial charge in [0.1, 0.15) is 0 Å². The van der Waals surface area contributed by atoms with Crippen molar-refractivity contribution in [2.75, 3.05) is 0 Å². The average Bonchev–Trinajstić information content (AvgIpc) is 1.89. The van der Waals surface area contributed by atoms with Crippen LogP contribution < -0.4 is 0 Å². The van der Waals surface area contributed by atoms with E-state index in [-0.39, 0.29) is 0 Å². The first-order valence-electron chi connectivity index (χ1n) is 3.14. The molecule has 0 aliphatic rings. The van der Waals surface area contributed by atoms with E-state index in [4.69, 9.17) is 0 Å². The van der Waals surface area contributed by atoms with Crippen molar-refractivity contribution in [1.29, 1.82) is 0 Å². The summed E-state index contributed by atoms with van der Waals surface area (Å²) in [6, 6.07) is 0. The van der Waals surface area contributed by atoms with Crippen molar-refractivity contribution in [2.45, 2.75) is 25.6 Å². The average molecular weight is 169 g/mol. The Morgan fingerprint density at radius 1 is 1.33 bits per heavy atom. The standard InChI is InChI=1S/C7H11.CH3.Co/c1-3-5-7-6-4-2;;/h1,3,5,7H,4,6H2,2H3;1H3;. The zero-order chi connectivity index (χ0) is 6.95. The van der Waals surface area contributed by atoms with Gasteiger partial charge >= 0.3 is 63.6 Å². The van der Waals surface area contributed by atoms with Crippen LogP contribution >= 0.6 is 0 Å². The van der Waals surface area contributed by atoms with E-state index >= 15 is 0 Å². The Bertz CT molecular complexity index is 92.7. The SMILES string of the molecule is CCCC=CC=[CH][Co][CH3]. The van der Waals surface area contributed by atoms with Gasteiger partial charge in [0.15, 0.2) is 0 Å². The molecule has 55 valence electrons. The number of hydrogen-bond acceptors (Lipinski definition) is 0. The number of unbranched alkanes of at least 4 members (excludes halogenated alkanes) is 1. The molecule has 0 atom stereocenters. The molecule has 0 saturated carbocycles. The Hall–Kier alpha value is -0.0135. The van der Waals surface area contributed by atoms with Crippen LogP contribution in [0.15, 0.2) is 23.2 Å². The molecule has 0 amide bonds. The molecule has 0 aromatic rings. The van der Waals surface area contributed by atoms with E-state index in [9.17, 15) is 0 Å². The van der Waals surface area contributed by atoms with Crippen molar-refractivity contribution in [1.82, 2.24) is 0 Å². The molecule has 0 aliphatic carbocycles. The minimum atomic E-state index is 1.20. The number of allylic oxidation sites excluding steroid dienone is 3. The number of rotatable bonds is 4. The quantitative estimate of drug-likeness (QED) is 0.567. The van der Waals surface area contributed by atoms with E-state index in [1.807, 2.05) is 0 Å². The molecule has 0 radical (unpaired) electrons. The predicted molar refractivity (Wildman–Crippen MR) is 39.1 cm³/mol. The van der Waals surface area contributed by atoms with Crippen molar-refractivity contribution < 1.29 is 14.7 Å². The van der Waals surface area contributed by atoms with Crippen LogP contribution in [0.2, 0.25) is 5.86 Å². The van der Waals surface area contributed by atoms with E-state index in [2.05, 4.69) is 36.0 Å². The fraction of sp³-hybridized carbons (Fsp3) is 0.500. The summed E-state index contributed by atoms with van der Waals surface area (Å²) < 4.78 is 0. The van der Waals surface area contributed by atoms with Gasteiger partial charge in [0.25, 0.3) is 0 Å². The van der Waals surface area contributed by atoms with E-state index in [0.29, 0.717) is 0 Å². The first kappa shape index (κ1) is 8.99. The summed E-state index contributed by atoms with van der Waals surface area (Å²) in [7, 11) is 0. The molecule has 9 heavy (non-hydrogen) atoms. The van der Waals surface area contributed by atoms with Gasteiger partial charge < -0.3 is 0 Å². The third-order valence-corrected chi connectivity index (χ3v) is 1.43. The molecule has 0 N–H and O–H groups in total. The van der Waals surface area contributed by atoms with Crippen LogP contribution in [0.5, 0.6) is 0 Å². The van der Waals surface area contributed by atoms with Crippen molar-refractivity contribution in [2.24, 2.45) is 0 Å². The van der Waals surface area contributed by atoms with E-state index in [0.717, 1.165) is 0 Å². The van der Waals surface area contributed by atoms with Gasteiger partial charge in [-0.05, 0) is 0 Å². The van der Waals surface area contributed by atoms with Gasteiger partial charge in [-0.1, -0.05) is 0 Å². The van der Waals surface area contributed by atoms with E-state index in [1.54, 1.807) is 0 Å². The fourth-order valence-electron chi connectivity index (χ4n) is 0.443. The van der Waals surface area contributed by atoms with Gasteiger partial charge in [-0.2, -0.15) is 0 Å². The van der Waals surface area contributed by atoms with Gasteiger partial charge in [-0.25, -0.2) is 0 Å². The molecule has 0 unspecified atom stereocenters. The third-order valence-electron chi connectivity index (χ3n) is 0.878. The van der Waals surface area contributed by atoms with Crippen molar-refractivity contribution in [3.05, 3.63) is 23.2 Å². The van der Waals surface area contributed by atoms with E-state index < -0.39 is 0 Å². The molecule has 0 fully saturated rings. The maximum atomic E-state index is 2.20. The zero-order valence-electron chi connectivity index (χ0n) is 6.06. The molecule has 0 aliphatic heterocycles. The topological polar surface area (TPSA) is 0 Å². The summed E-state index contributed by atoms with van der Waals surface area (Å²) in [4.78, 5) is 0. The van der Waals surface area contributed by atoms with Gasteiger partial charge in [0.05, 0.1) is 0 Å². The van der Waals surface area contributed by atoms with Crippen molar-refractivity contribution in [3.8, 4) is 0 Å². The van der Waals surface area contributed by atoms with Crippen molar-refractivity contribution >= 4 is 0 Å². The molecular weight excluding hydrogens is 155 g/mol. The van der Waals surface area contributed by atoms with Crippen LogP contribution in [-0.4, -0.2) is 0 Å². The van der Waals surface area contributed by atoms with Crippen LogP contribution in [0.1, 0.15) is 19.8 Å². The molecule has 0 nitrogen and oxygen atoms in total. The van der Waals surface area contributed by atoms with Gasteiger partial charge in [-0.3, -0.25) is 0 Å². The molecule has 0 spiro atoms. The summed E-state index contributed by atoms with van der Waals surface area (Å²) in [6.45, 7) is 2.19. The second kappa shape index (κ2) is 7.99.